The Morgan fingerprint density at radius 3 is 3.11 bits per heavy atom. The number of piperidine rings is 1. The molecule has 1 saturated heterocycles. The summed E-state index contributed by atoms with van der Waals surface area (Å²) in [4.78, 5) is 6.82. The maximum absolute atomic E-state index is 4.40. The first-order valence-electron chi connectivity index (χ1n) is 3.75. The monoisotopic (exact) mass is 124 g/mol. The van der Waals surface area contributed by atoms with Crippen LogP contribution in [0.2, 0.25) is 0 Å². The maximum Gasteiger partial charge on any atom is 0.0990 e. The zero-order chi connectivity index (χ0) is 6.10. The number of rotatable bonds is 0. The fourth-order valence-electron chi connectivity index (χ4n) is 1.59. The van der Waals surface area contributed by atoms with E-state index < -0.39 is 0 Å². The van der Waals surface area contributed by atoms with Crippen molar-refractivity contribution in [2.24, 2.45) is 4.99 Å². The van der Waals surface area contributed by atoms with Gasteiger partial charge in [-0.1, -0.05) is 0 Å². The van der Waals surface area contributed by atoms with Gasteiger partial charge in [-0.2, -0.15) is 0 Å². The van der Waals surface area contributed by atoms with Gasteiger partial charge >= 0.3 is 0 Å². The first-order valence-corrected chi connectivity index (χ1v) is 3.75. The van der Waals surface area contributed by atoms with Crippen LogP contribution in [0.15, 0.2) is 4.99 Å². The molecule has 2 aliphatic rings. The van der Waals surface area contributed by atoms with Gasteiger partial charge in [-0.15, -0.1) is 0 Å². The molecule has 0 atom stereocenters. The van der Waals surface area contributed by atoms with Gasteiger partial charge in [0.1, 0.15) is 0 Å². The van der Waals surface area contributed by atoms with Crippen LogP contribution in [0.25, 0.3) is 0 Å². The van der Waals surface area contributed by atoms with Crippen LogP contribution in [0, 0.1) is 0 Å². The molecule has 0 aromatic rings. The Bertz CT molecular complexity index is 140. The van der Waals surface area contributed by atoms with Gasteiger partial charge in [0, 0.05) is 19.5 Å². The minimum absolute atomic E-state index is 1.05. The molecule has 0 radical (unpaired) electrons. The van der Waals surface area contributed by atoms with E-state index >= 15 is 0 Å². The molecule has 1 fully saturated rings. The third-order valence-corrected chi connectivity index (χ3v) is 2.11. The number of nitrogens with zero attached hydrogens (tertiary/aromatic N) is 2. The van der Waals surface area contributed by atoms with Crippen LogP contribution < -0.4 is 0 Å². The van der Waals surface area contributed by atoms with Crippen molar-refractivity contribution in [2.75, 3.05) is 19.6 Å². The van der Waals surface area contributed by atoms with Crippen LogP contribution in [0.3, 0.4) is 0 Å². The van der Waals surface area contributed by atoms with Crippen LogP contribution in [0.1, 0.15) is 19.3 Å². The van der Waals surface area contributed by atoms with Crippen molar-refractivity contribution in [3.8, 4) is 0 Å². The standard InChI is InChI=1S/C7H12N2/c1-2-5-9-6-4-8-7(9)3-1/h1-6H2. The van der Waals surface area contributed by atoms with Crippen LogP contribution in [0.4, 0.5) is 0 Å². The van der Waals surface area contributed by atoms with Gasteiger partial charge in [0.15, 0.2) is 0 Å². The summed E-state index contributed by atoms with van der Waals surface area (Å²) in [5, 5.41) is 0. The molecule has 0 bridgehead atoms. The Labute approximate surface area is 55.6 Å². The zero-order valence-corrected chi connectivity index (χ0v) is 5.64. The Kier molecular flexibility index (Phi) is 1.18. The van der Waals surface area contributed by atoms with E-state index in [1.165, 1.54) is 38.2 Å². The Morgan fingerprint density at radius 2 is 2.22 bits per heavy atom. The Morgan fingerprint density at radius 1 is 1.22 bits per heavy atom. The summed E-state index contributed by atoms with van der Waals surface area (Å²) in [6.07, 6.45) is 3.97. The predicted molar refractivity (Wildman–Crippen MR) is 37.7 cm³/mol. The third-order valence-electron chi connectivity index (χ3n) is 2.11. The topological polar surface area (TPSA) is 15.6 Å². The molecule has 2 rings (SSSR count). The highest BCUT2D eigenvalue weighted by atomic mass is 15.2. The second-order valence-electron chi connectivity index (χ2n) is 2.74. The number of hydrogen-bond donors (Lipinski definition) is 0. The van der Waals surface area contributed by atoms with E-state index in [2.05, 4.69) is 9.89 Å². The van der Waals surface area contributed by atoms with Crippen molar-refractivity contribution in [1.29, 1.82) is 0 Å². The molecule has 0 unspecified atom stereocenters. The van der Waals surface area contributed by atoms with Crippen molar-refractivity contribution >= 4 is 5.84 Å². The summed E-state index contributed by atoms with van der Waals surface area (Å²) in [6, 6.07) is 0. The molecule has 2 nitrogen and oxygen atoms in total. The molecule has 2 heterocycles. The van der Waals surface area contributed by atoms with Crippen LogP contribution in [-0.4, -0.2) is 30.4 Å². The molecule has 2 aliphatic heterocycles. The molecule has 0 N–H and O–H groups in total. The lowest BCUT2D eigenvalue weighted by molar-refractivity contribution is 0.404. The van der Waals surface area contributed by atoms with Crippen LogP contribution >= 0.6 is 0 Å². The normalized spacial score (nSPS) is 25.8. The molecule has 0 amide bonds. The first kappa shape index (κ1) is 5.27. The maximum atomic E-state index is 4.40. The minimum atomic E-state index is 1.05. The van der Waals surface area contributed by atoms with Gasteiger partial charge in [0.05, 0.1) is 12.4 Å². The molecule has 2 heteroatoms. The van der Waals surface area contributed by atoms with E-state index in [1.807, 2.05) is 0 Å². The van der Waals surface area contributed by atoms with Crippen LogP contribution in [-0.2, 0) is 0 Å². The summed E-state index contributed by atoms with van der Waals surface area (Å²) >= 11 is 0. The second-order valence-corrected chi connectivity index (χ2v) is 2.74. The van der Waals surface area contributed by atoms with E-state index in [4.69, 9.17) is 0 Å². The van der Waals surface area contributed by atoms with Gasteiger partial charge < -0.3 is 4.90 Å². The SMILES string of the molecule is C1CCN2CCN=C2C1. The van der Waals surface area contributed by atoms with E-state index in [-0.39, 0.29) is 0 Å². The van der Waals surface area contributed by atoms with Crippen molar-refractivity contribution in [3.63, 3.8) is 0 Å². The number of fused-ring (bicyclic) bond motifs is 1. The molecule has 50 valence electrons. The van der Waals surface area contributed by atoms with Gasteiger partial charge in [-0.05, 0) is 12.8 Å². The number of amidine groups is 1. The average Bonchev–Trinajstić information content (AvgIpc) is 2.33. The molecule has 9 heavy (non-hydrogen) atoms. The molecule has 0 aromatic heterocycles. The zero-order valence-electron chi connectivity index (χ0n) is 5.64. The lowest BCUT2D eigenvalue weighted by Gasteiger charge is -2.24. The first-order chi connectivity index (χ1) is 4.47. The van der Waals surface area contributed by atoms with Gasteiger partial charge in [-0.25, -0.2) is 0 Å². The molecular weight excluding hydrogens is 112 g/mol. The van der Waals surface area contributed by atoms with Gasteiger partial charge in [0.2, 0.25) is 0 Å². The summed E-state index contributed by atoms with van der Waals surface area (Å²) in [6.45, 7) is 3.50. The Hall–Kier alpha value is -0.530. The Balaban J connectivity index is 2.09. The molecular formula is C7H12N2. The largest absolute Gasteiger partial charge is 0.359 e. The summed E-state index contributed by atoms with van der Waals surface area (Å²) in [5.74, 6) is 1.38. The van der Waals surface area contributed by atoms with E-state index in [0.29, 0.717) is 0 Å². The lowest BCUT2D eigenvalue weighted by atomic mass is 10.1. The number of aliphatic imine (C=N–C) groups is 1. The predicted octanol–water partition coefficient (Wildman–Crippen LogP) is 0.884. The highest BCUT2D eigenvalue weighted by Crippen LogP contribution is 2.14. The lowest BCUT2D eigenvalue weighted by Crippen LogP contribution is -2.32. The van der Waals surface area contributed by atoms with Crippen molar-refractivity contribution in [3.05, 3.63) is 0 Å². The minimum Gasteiger partial charge on any atom is -0.359 e. The van der Waals surface area contributed by atoms with E-state index in [1.54, 1.807) is 0 Å². The van der Waals surface area contributed by atoms with Crippen LogP contribution in [0.5, 0.6) is 0 Å². The summed E-state index contributed by atoms with van der Waals surface area (Å²) in [7, 11) is 0. The molecule has 0 aromatic carbocycles. The van der Waals surface area contributed by atoms with Crippen molar-refractivity contribution in [2.45, 2.75) is 19.3 Å². The summed E-state index contributed by atoms with van der Waals surface area (Å²) in [5.41, 5.74) is 0. The van der Waals surface area contributed by atoms with Crippen molar-refractivity contribution < 1.29 is 0 Å². The van der Waals surface area contributed by atoms with Gasteiger partial charge in [-0.3, -0.25) is 4.99 Å². The fraction of sp³-hybridized carbons (Fsp3) is 0.857. The molecule has 0 saturated carbocycles. The average molecular weight is 124 g/mol. The smallest absolute Gasteiger partial charge is 0.0990 e. The second kappa shape index (κ2) is 2.01. The van der Waals surface area contributed by atoms with E-state index in [0.717, 1.165) is 6.54 Å². The van der Waals surface area contributed by atoms with Gasteiger partial charge in [0.25, 0.3) is 0 Å². The fourth-order valence-corrected chi connectivity index (χ4v) is 1.59. The van der Waals surface area contributed by atoms with E-state index in [9.17, 15) is 0 Å². The number of hydrogen-bond acceptors (Lipinski definition) is 2. The molecule has 0 aliphatic carbocycles. The summed E-state index contributed by atoms with van der Waals surface area (Å²) < 4.78 is 0. The quantitative estimate of drug-likeness (QED) is 0.468. The highest BCUT2D eigenvalue weighted by molar-refractivity contribution is 5.84. The third kappa shape index (κ3) is 0.824. The molecule has 0 spiro atoms. The highest BCUT2D eigenvalue weighted by Gasteiger charge is 2.18. The van der Waals surface area contributed by atoms with Crippen molar-refractivity contribution in [1.82, 2.24) is 4.90 Å².